The molecule has 0 amide bonds. The monoisotopic (exact) mass is 251 g/mol. The van der Waals surface area contributed by atoms with Crippen LogP contribution in [0.5, 0.6) is 0 Å². The smallest absolute Gasteiger partial charge is 0.377 e. The van der Waals surface area contributed by atoms with Crippen molar-refractivity contribution >= 4 is 16.9 Å². The van der Waals surface area contributed by atoms with Gasteiger partial charge in [-0.2, -0.15) is 0 Å². The zero-order chi connectivity index (χ0) is 12.1. The summed E-state index contributed by atoms with van der Waals surface area (Å²) in [5.74, 6) is 0. The van der Waals surface area contributed by atoms with Crippen LogP contribution in [0.2, 0.25) is 24.8 Å². The highest BCUT2D eigenvalue weighted by Gasteiger charge is 2.52. The van der Waals surface area contributed by atoms with Crippen molar-refractivity contribution in [3.8, 4) is 0 Å². The van der Waals surface area contributed by atoms with E-state index < -0.39 is 16.9 Å². The zero-order valence-corrected chi connectivity index (χ0v) is 12.8. The maximum absolute atomic E-state index is 5.66. The molecule has 0 saturated carbocycles. The molecule has 0 aromatic rings. The molecule has 2 N–H and O–H groups in total. The fraction of sp³-hybridized carbons (Fsp3) is 1.00. The largest absolute Gasteiger partial charge is 0.500 e. The van der Waals surface area contributed by atoms with Gasteiger partial charge in [0.1, 0.15) is 0 Å². The molecule has 0 aliphatic rings. The molecular weight excluding hydrogens is 226 g/mol. The minimum atomic E-state index is -2.52. The van der Waals surface area contributed by atoms with E-state index in [0.717, 1.165) is 6.42 Å². The second kappa shape index (κ2) is 6.12. The minimum Gasteiger partial charge on any atom is -0.377 e. The second-order valence-electron chi connectivity index (χ2n) is 4.71. The van der Waals surface area contributed by atoms with Gasteiger partial charge in [0.05, 0.1) is 8.07 Å². The molecule has 0 heterocycles. The van der Waals surface area contributed by atoms with Crippen LogP contribution in [0.15, 0.2) is 0 Å². The van der Waals surface area contributed by atoms with Gasteiger partial charge in [-0.3, -0.25) is 0 Å². The molecule has 0 spiro atoms. The lowest BCUT2D eigenvalue weighted by atomic mass is 10.5. The van der Waals surface area contributed by atoms with Gasteiger partial charge in [0.25, 0.3) is 0 Å². The first-order valence-electron chi connectivity index (χ1n) is 5.23. The topological polar surface area (TPSA) is 53.7 Å². The number of hydrogen-bond acceptors (Lipinski definition) is 4. The van der Waals surface area contributed by atoms with Crippen LogP contribution in [0.25, 0.3) is 0 Å². The van der Waals surface area contributed by atoms with E-state index in [1.807, 2.05) is 0 Å². The maximum Gasteiger partial charge on any atom is 0.500 e. The molecule has 0 radical (unpaired) electrons. The maximum atomic E-state index is 5.66. The molecule has 0 rings (SSSR count). The third kappa shape index (κ3) is 3.65. The van der Waals surface area contributed by atoms with Crippen molar-refractivity contribution in [2.75, 3.05) is 27.9 Å². The van der Waals surface area contributed by atoms with Gasteiger partial charge in [-0.15, -0.1) is 0 Å². The first-order chi connectivity index (χ1) is 6.87. The highest BCUT2D eigenvalue weighted by Crippen LogP contribution is 2.35. The average molecular weight is 251 g/mol. The van der Waals surface area contributed by atoms with Crippen LogP contribution >= 0.6 is 0 Å². The Kier molecular flexibility index (Phi) is 6.23. The predicted octanol–water partition coefficient (Wildman–Crippen LogP) is 1.46. The summed E-state index contributed by atoms with van der Waals surface area (Å²) in [6, 6.07) is 0. The van der Waals surface area contributed by atoms with E-state index in [1.165, 1.54) is 0 Å². The second-order valence-corrected chi connectivity index (χ2v) is 13.8. The van der Waals surface area contributed by atoms with E-state index in [2.05, 4.69) is 19.6 Å². The van der Waals surface area contributed by atoms with Crippen molar-refractivity contribution in [2.45, 2.75) is 31.2 Å². The Labute approximate surface area is 95.5 Å². The van der Waals surface area contributed by atoms with E-state index in [-0.39, 0.29) is 0 Å². The molecule has 92 valence electrons. The normalized spacial score (nSPS) is 15.4. The van der Waals surface area contributed by atoms with E-state index in [1.54, 1.807) is 21.3 Å². The Morgan fingerprint density at radius 2 is 1.40 bits per heavy atom. The predicted molar refractivity (Wildman–Crippen MR) is 67.5 cm³/mol. The Hall–Kier alpha value is 0.274. The summed E-state index contributed by atoms with van der Waals surface area (Å²) in [5.41, 5.74) is 5.66. The first kappa shape index (κ1) is 15.3. The molecule has 0 aliphatic carbocycles. The first-order valence-corrected chi connectivity index (χ1v) is 10.6. The van der Waals surface area contributed by atoms with Crippen molar-refractivity contribution < 1.29 is 13.3 Å². The van der Waals surface area contributed by atoms with Crippen molar-refractivity contribution in [1.29, 1.82) is 0 Å². The standard InChI is InChI=1S/C9H25NO3Si2/c1-11-15(12-2,13-3)9(7-8-10)14(4,5)6/h9H,7-8,10H2,1-6H3. The Bertz CT molecular complexity index is 172. The molecule has 15 heavy (non-hydrogen) atoms. The Balaban J connectivity index is 5.00. The van der Waals surface area contributed by atoms with Crippen molar-refractivity contribution in [2.24, 2.45) is 5.73 Å². The average Bonchev–Trinajstić information content (AvgIpc) is 2.18. The molecule has 6 heteroatoms. The molecular formula is C9H25NO3Si2. The molecule has 0 aromatic heterocycles. The van der Waals surface area contributed by atoms with Crippen LogP contribution in [-0.4, -0.2) is 44.8 Å². The lowest BCUT2D eigenvalue weighted by molar-refractivity contribution is 0.118. The fourth-order valence-electron chi connectivity index (χ4n) is 1.98. The summed E-state index contributed by atoms with van der Waals surface area (Å²) in [7, 11) is 1.09. The highest BCUT2D eigenvalue weighted by atomic mass is 28.4. The Morgan fingerprint density at radius 3 is 1.60 bits per heavy atom. The molecule has 1 unspecified atom stereocenters. The minimum absolute atomic E-state index is 0.356. The van der Waals surface area contributed by atoms with Crippen LogP contribution in [0.4, 0.5) is 0 Å². The van der Waals surface area contributed by atoms with Crippen LogP contribution in [0, 0.1) is 0 Å². The van der Waals surface area contributed by atoms with Gasteiger partial charge in [0.2, 0.25) is 0 Å². The summed E-state index contributed by atoms with van der Waals surface area (Å²) in [4.78, 5) is 0. The van der Waals surface area contributed by atoms with Gasteiger partial charge in [0.15, 0.2) is 0 Å². The molecule has 0 bridgehead atoms. The molecule has 0 aliphatic heterocycles. The fourth-order valence-corrected chi connectivity index (χ4v) is 10.2. The highest BCUT2D eigenvalue weighted by molar-refractivity contribution is 6.90. The summed E-state index contributed by atoms with van der Waals surface area (Å²) < 4.78 is 16.7. The molecule has 4 nitrogen and oxygen atoms in total. The summed E-state index contributed by atoms with van der Waals surface area (Å²) >= 11 is 0. The number of nitrogens with two attached hydrogens (primary N) is 1. The third-order valence-electron chi connectivity index (χ3n) is 2.78. The van der Waals surface area contributed by atoms with Crippen molar-refractivity contribution in [3.63, 3.8) is 0 Å². The number of hydrogen-bond donors (Lipinski definition) is 1. The van der Waals surface area contributed by atoms with Crippen LogP contribution in [0.1, 0.15) is 6.42 Å². The van der Waals surface area contributed by atoms with E-state index >= 15 is 0 Å². The molecule has 1 atom stereocenters. The molecule has 0 fully saturated rings. The third-order valence-corrected chi connectivity index (χ3v) is 11.7. The summed E-state index contributed by atoms with van der Waals surface area (Å²) in [6.07, 6.45) is 0.914. The van der Waals surface area contributed by atoms with E-state index in [4.69, 9.17) is 19.0 Å². The Morgan fingerprint density at radius 1 is 1.00 bits per heavy atom. The van der Waals surface area contributed by atoms with Gasteiger partial charge in [-0.25, -0.2) is 0 Å². The summed E-state index contributed by atoms with van der Waals surface area (Å²) in [6.45, 7) is 7.55. The quantitative estimate of drug-likeness (QED) is 0.696. The van der Waals surface area contributed by atoms with Crippen LogP contribution < -0.4 is 5.73 Å². The van der Waals surface area contributed by atoms with Crippen molar-refractivity contribution in [3.05, 3.63) is 0 Å². The lowest BCUT2D eigenvalue weighted by Gasteiger charge is -2.39. The SMILES string of the molecule is CO[Si](OC)(OC)C(CCN)[Si](C)(C)C. The van der Waals surface area contributed by atoms with Gasteiger partial charge in [-0.05, 0) is 13.0 Å². The van der Waals surface area contributed by atoms with E-state index in [9.17, 15) is 0 Å². The van der Waals surface area contributed by atoms with Gasteiger partial charge in [0, 0.05) is 26.5 Å². The summed E-state index contributed by atoms with van der Waals surface area (Å²) in [5, 5.41) is 0.356. The van der Waals surface area contributed by atoms with E-state index in [0.29, 0.717) is 11.7 Å². The molecule has 0 saturated heterocycles. The lowest BCUT2D eigenvalue weighted by Crippen LogP contribution is -2.56. The van der Waals surface area contributed by atoms with Gasteiger partial charge >= 0.3 is 8.80 Å². The zero-order valence-electron chi connectivity index (χ0n) is 10.8. The number of rotatable bonds is 7. The van der Waals surface area contributed by atoms with Gasteiger partial charge < -0.3 is 19.0 Å². The van der Waals surface area contributed by atoms with Crippen LogP contribution in [-0.2, 0) is 13.3 Å². The van der Waals surface area contributed by atoms with Crippen LogP contribution in [0.3, 0.4) is 0 Å². The molecule has 0 aromatic carbocycles. The van der Waals surface area contributed by atoms with Crippen molar-refractivity contribution in [1.82, 2.24) is 0 Å². The van der Waals surface area contributed by atoms with Gasteiger partial charge in [-0.1, -0.05) is 19.6 Å².